The summed E-state index contributed by atoms with van der Waals surface area (Å²) in [6.45, 7) is 1.92. The maximum absolute atomic E-state index is 9.92. The molecule has 0 aliphatic heterocycles. The third-order valence-corrected chi connectivity index (χ3v) is 3.90. The van der Waals surface area contributed by atoms with E-state index in [9.17, 15) is 5.11 Å². The molecule has 0 atom stereocenters. The van der Waals surface area contributed by atoms with E-state index in [1.54, 1.807) is 18.2 Å². The summed E-state index contributed by atoms with van der Waals surface area (Å²) >= 11 is 1.47. The van der Waals surface area contributed by atoms with Crippen molar-refractivity contribution in [2.45, 2.75) is 6.92 Å². The number of nitrogens with zero attached hydrogens (tertiary/aromatic N) is 4. The van der Waals surface area contributed by atoms with E-state index in [0.29, 0.717) is 16.4 Å². The van der Waals surface area contributed by atoms with Gasteiger partial charge in [-0.1, -0.05) is 18.2 Å². The van der Waals surface area contributed by atoms with Crippen LogP contribution in [0.1, 0.15) is 11.3 Å². The Bertz CT molecular complexity index is 874. The van der Waals surface area contributed by atoms with Crippen molar-refractivity contribution in [2.75, 3.05) is 5.43 Å². The van der Waals surface area contributed by atoms with Gasteiger partial charge in [0, 0.05) is 10.9 Å². The molecule has 0 radical (unpaired) electrons. The summed E-state index contributed by atoms with van der Waals surface area (Å²) in [5.74, 6) is 0.120. The number of rotatable bonds is 5. The van der Waals surface area contributed by atoms with Gasteiger partial charge >= 0.3 is 0 Å². The van der Waals surface area contributed by atoms with E-state index in [1.807, 2.05) is 42.6 Å². The van der Waals surface area contributed by atoms with Crippen LogP contribution in [0.5, 0.6) is 5.75 Å². The molecule has 6 nitrogen and oxygen atoms in total. The smallest absolute Gasteiger partial charge is 0.203 e. The minimum absolute atomic E-state index is 0.120. The average Bonchev–Trinajstić information content (AvgIpc) is 3.01. The highest BCUT2D eigenvalue weighted by molar-refractivity contribution is 7.13. The van der Waals surface area contributed by atoms with Crippen LogP contribution >= 0.6 is 11.3 Å². The summed E-state index contributed by atoms with van der Waals surface area (Å²) < 4.78 is 0. The van der Waals surface area contributed by atoms with E-state index in [4.69, 9.17) is 0 Å². The number of nitrogens with one attached hydrogen (secondary N) is 1. The lowest BCUT2D eigenvalue weighted by atomic mass is 10.2. The molecule has 3 aromatic rings. The number of azo groups is 1. The second-order valence-corrected chi connectivity index (χ2v) is 5.80. The molecule has 7 heteroatoms. The molecule has 0 aliphatic carbocycles. The number of hydrogen-bond donors (Lipinski definition) is 2. The monoisotopic (exact) mass is 337 g/mol. The fourth-order valence-electron chi connectivity index (χ4n) is 1.88. The second-order valence-electron chi connectivity index (χ2n) is 4.94. The summed E-state index contributed by atoms with van der Waals surface area (Å²) in [4.78, 5) is 4.24. The molecule has 1 aromatic heterocycles. The molecular weight excluding hydrogens is 322 g/mol. The third kappa shape index (κ3) is 4.23. The van der Waals surface area contributed by atoms with E-state index < -0.39 is 0 Å². The minimum Gasteiger partial charge on any atom is -0.507 e. The SMILES string of the molecule is Cc1csc(NN=Cc2cc(N=Nc3ccccc3)ccc2O)n1. The molecule has 120 valence electrons. The van der Waals surface area contributed by atoms with Crippen LogP contribution in [0, 0.1) is 6.92 Å². The lowest BCUT2D eigenvalue weighted by Gasteiger charge is -2.00. The van der Waals surface area contributed by atoms with E-state index in [0.717, 1.165) is 11.4 Å². The lowest BCUT2D eigenvalue weighted by Crippen LogP contribution is -1.90. The summed E-state index contributed by atoms with van der Waals surface area (Å²) in [6.07, 6.45) is 1.52. The summed E-state index contributed by atoms with van der Waals surface area (Å²) in [7, 11) is 0. The quantitative estimate of drug-likeness (QED) is 0.389. The van der Waals surface area contributed by atoms with E-state index in [2.05, 4.69) is 25.7 Å². The van der Waals surface area contributed by atoms with Gasteiger partial charge in [0.05, 0.1) is 23.3 Å². The number of hydrogen-bond acceptors (Lipinski definition) is 7. The van der Waals surface area contributed by atoms with Crippen molar-refractivity contribution >= 4 is 34.1 Å². The summed E-state index contributed by atoms with van der Waals surface area (Å²) in [5, 5.41) is 25.0. The molecule has 0 bridgehead atoms. The number of phenolic OH excluding ortho intramolecular Hbond substituents is 1. The molecule has 1 heterocycles. The van der Waals surface area contributed by atoms with Gasteiger partial charge in [0.2, 0.25) is 5.13 Å². The Morgan fingerprint density at radius 1 is 1.08 bits per heavy atom. The Morgan fingerprint density at radius 3 is 2.62 bits per heavy atom. The normalized spacial score (nSPS) is 11.4. The van der Waals surface area contributed by atoms with Crippen molar-refractivity contribution in [3.05, 3.63) is 65.2 Å². The van der Waals surface area contributed by atoms with Gasteiger partial charge in [-0.2, -0.15) is 15.3 Å². The summed E-state index contributed by atoms with van der Waals surface area (Å²) in [5.41, 5.74) is 5.70. The number of thiazole rings is 1. The van der Waals surface area contributed by atoms with Gasteiger partial charge in [-0.05, 0) is 37.3 Å². The number of hydrazone groups is 1. The minimum atomic E-state index is 0.120. The second kappa shape index (κ2) is 7.47. The van der Waals surface area contributed by atoms with Crippen LogP contribution < -0.4 is 5.43 Å². The molecule has 3 rings (SSSR count). The maximum atomic E-state index is 9.92. The molecular formula is C17H15N5OS. The standard InChI is InChI=1S/C17H15N5OS/c1-12-11-24-17(19-12)22-18-10-13-9-15(7-8-16(13)23)21-20-14-5-3-2-4-6-14/h2-11,23H,1H3,(H,19,22). The Balaban J connectivity index is 1.72. The lowest BCUT2D eigenvalue weighted by molar-refractivity contribution is 0.474. The van der Waals surface area contributed by atoms with Crippen molar-refractivity contribution in [1.29, 1.82) is 0 Å². The number of aromatic nitrogens is 1. The molecule has 0 spiro atoms. The zero-order chi connectivity index (χ0) is 16.8. The Morgan fingerprint density at radius 2 is 1.88 bits per heavy atom. The van der Waals surface area contributed by atoms with Crippen molar-refractivity contribution < 1.29 is 5.11 Å². The first-order valence-electron chi connectivity index (χ1n) is 7.22. The number of benzene rings is 2. The highest BCUT2D eigenvalue weighted by atomic mass is 32.1. The Kier molecular flexibility index (Phi) is 4.93. The molecule has 0 aliphatic rings. The van der Waals surface area contributed by atoms with E-state index in [1.165, 1.54) is 17.6 Å². The Labute approximate surface area is 143 Å². The van der Waals surface area contributed by atoms with Crippen LogP contribution in [0.3, 0.4) is 0 Å². The maximum Gasteiger partial charge on any atom is 0.203 e. The van der Waals surface area contributed by atoms with Crippen LogP contribution in [0.4, 0.5) is 16.5 Å². The number of aryl methyl sites for hydroxylation is 1. The van der Waals surface area contributed by atoms with Gasteiger partial charge < -0.3 is 5.11 Å². The molecule has 0 saturated heterocycles. The first-order valence-corrected chi connectivity index (χ1v) is 8.10. The predicted molar refractivity (Wildman–Crippen MR) is 96.8 cm³/mol. The van der Waals surface area contributed by atoms with Crippen LogP contribution in [-0.4, -0.2) is 16.3 Å². The van der Waals surface area contributed by atoms with Gasteiger partial charge in [0.15, 0.2) is 0 Å². The number of aromatic hydroxyl groups is 1. The first-order chi connectivity index (χ1) is 11.7. The topological polar surface area (TPSA) is 82.2 Å². The van der Waals surface area contributed by atoms with Crippen molar-refractivity contribution in [2.24, 2.45) is 15.3 Å². The van der Waals surface area contributed by atoms with Crippen LogP contribution in [0.15, 0.2) is 69.2 Å². The average molecular weight is 337 g/mol. The molecule has 24 heavy (non-hydrogen) atoms. The van der Waals surface area contributed by atoms with Gasteiger partial charge in [0.25, 0.3) is 0 Å². The highest BCUT2D eigenvalue weighted by Crippen LogP contribution is 2.24. The predicted octanol–water partition coefficient (Wildman–Crippen LogP) is 5.02. The van der Waals surface area contributed by atoms with Gasteiger partial charge in [-0.3, -0.25) is 5.43 Å². The van der Waals surface area contributed by atoms with Crippen LogP contribution in [-0.2, 0) is 0 Å². The highest BCUT2D eigenvalue weighted by Gasteiger charge is 2.01. The van der Waals surface area contributed by atoms with E-state index >= 15 is 0 Å². The van der Waals surface area contributed by atoms with Gasteiger partial charge in [-0.15, -0.1) is 11.3 Å². The summed E-state index contributed by atoms with van der Waals surface area (Å²) in [6, 6.07) is 14.4. The molecule has 0 amide bonds. The van der Waals surface area contributed by atoms with Crippen LogP contribution in [0.2, 0.25) is 0 Å². The van der Waals surface area contributed by atoms with Gasteiger partial charge in [0.1, 0.15) is 5.75 Å². The number of phenols is 1. The third-order valence-electron chi connectivity index (χ3n) is 3.03. The zero-order valence-corrected chi connectivity index (χ0v) is 13.7. The van der Waals surface area contributed by atoms with E-state index in [-0.39, 0.29) is 5.75 Å². The number of anilines is 1. The van der Waals surface area contributed by atoms with Crippen molar-refractivity contribution in [3.8, 4) is 5.75 Å². The Hall–Kier alpha value is -3.06. The van der Waals surface area contributed by atoms with Crippen LogP contribution in [0.25, 0.3) is 0 Å². The van der Waals surface area contributed by atoms with Crippen molar-refractivity contribution in [3.63, 3.8) is 0 Å². The van der Waals surface area contributed by atoms with Crippen molar-refractivity contribution in [1.82, 2.24) is 4.98 Å². The fraction of sp³-hybridized carbons (Fsp3) is 0.0588. The zero-order valence-electron chi connectivity index (χ0n) is 12.9. The molecule has 0 unspecified atom stereocenters. The fourth-order valence-corrected chi connectivity index (χ4v) is 2.52. The first kappa shape index (κ1) is 15.8. The molecule has 2 N–H and O–H groups in total. The van der Waals surface area contributed by atoms with Gasteiger partial charge in [-0.25, -0.2) is 4.98 Å². The molecule has 2 aromatic carbocycles. The largest absolute Gasteiger partial charge is 0.507 e. The molecule has 0 saturated carbocycles. The molecule has 0 fully saturated rings.